The Bertz CT molecular complexity index is 295. The molecule has 0 bridgehead atoms. The molecule has 0 aliphatic rings. The van der Waals surface area contributed by atoms with Crippen LogP contribution in [0.1, 0.15) is 33.1 Å². The van der Waals surface area contributed by atoms with Gasteiger partial charge in [-0.3, -0.25) is 0 Å². The quantitative estimate of drug-likeness (QED) is 0.510. The van der Waals surface area contributed by atoms with Gasteiger partial charge in [-0.05, 0) is 32.1 Å². The van der Waals surface area contributed by atoms with Gasteiger partial charge < -0.3 is 5.11 Å². The van der Waals surface area contributed by atoms with Crippen LogP contribution in [0.4, 0.5) is 0 Å². The molecule has 0 unspecified atom stereocenters. The summed E-state index contributed by atoms with van der Waals surface area (Å²) in [5.74, 6) is 10.6. The number of hydrogen-bond acceptors (Lipinski definition) is 2. The fourth-order valence-electron chi connectivity index (χ4n) is 0.547. The minimum Gasteiger partial charge on any atom is -0.378 e. The molecule has 0 aromatic carbocycles. The van der Waals surface area contributed by atoms with Gasteiger partial charge in [0.1, 0.15) is 5.60 Å². The van der Waals surface area contributed by atoms with Crippen LogP contribution in [0.15, 0.2) is 0 Å². The first-order valence-corrected chi connectivity index (χ1v) is 4.15. The van der Waals surface area contributed by atoms with Gasteiger partial charge in [0, 0.05) is 12.8 Å². The summed E-state index contributed by atoms with van der Waals surface area (Å²) in [6, 6.07) is 2.04. The first-order valence-electron chi connectivity index (χ1n) is 4.15. The minimum absolute atomic E-state index is 0.535. The van der Waals surface area contributed by atoms with E-state index in [0.717, 1.165) is 6.42 Å². The average molecular weight is 175 g/mol. The van der Waals surface area contributed by atoms with E-state index in [1.54, 1.807) is 13.8 Å². The van der Waals surface area contributed by atoms with E-state index in [1.165, 1.54) is 0 Å². The molecule has 0 saturated carbocycles. The summed E-state index contributed by atoms with van der Waals surface area (Å²) in [7, 11) is 0. The molecule has 2 nitrogen and oxygen atoms in total. The second-order valence-electron chi connectivity index (χ2n) is 3.12. The normalized spacial score (nSPS) is 8.77. The zero-order valence-corrected chi connectivity index (χ0v) is 8.02. The van der Waals surface area contributed by atoms with Crippen molar-refractivity contribution in [3.8, 4) is 29.8 Å². The second kappa shape index (κ2) is 6.13. The van der Waals surface area contributed by atoms with Crippen molar-refractivity contribution in [2.75, 3.05) is 0 Å². The van der Waals surface area contributed by atoms with Crippen LogP contribution in [0.25, 0.3) is 0 Å². The van der Waals surface area contributed by atoms with Crippen LogP contribution in [0.2, 0.25) is 0 Å². The molecule has 0 atom stereocenters. The molecule has 0 aliphatic heterocycles. The SMILES string of the molecule is CC(C)(O)C#CC#CCCCC#N. The average Bonchev–Trinajstić information content (AvgIpc) is 2.01. The summed E-state index contributed by atoms with van der Waals surface area (Å²) in [4.78, 5) is 0. The highest BCUT2D eigenvalue weighted by molar-refractivity contribution is 5.28. The lowest BCUT2D eigenvalue weighted by Crippen LogP contribution is -2.14. The van der Waals surface area contributed by atoms with E-state index in [4.69, 9.17) is 5.26 Å². The van der Waals surface area contributed by atoms with E-state index < -0.39 is 5.60 Å². The number of nitriles is 1. The predicted octanol–water partition coefficient (Wildman–Crippen LogP) is 1.46. The Labute approximate surface area is 79.6 Å². The van der Waals surface area contributed by atoms with E-state index in [-0.39, 0.29) is 0 Å². The molecule has 0 aromatic rings. The highest BCUT2D eigenvalue weighted by atomic mass is 16.3. The van der Waals surface area contributed by atoms with Crippen molar-refractivity contribution in [3.63, 3.8) is 0 Å². The molecule has 0 aliphatic carbocycles. The monoisotopic (exact) mass is 175 g/mol. The van der Waals surface area contributed by atoms with Crippen LogP contribution in [0.3, 0.4) is 0 Å². The summed E-state index contributed by atoms with van der Waals surface area (Å²) in [5, 5.41) is 17.4. The smallest absolute Gasteiger partial charge is 0.120 e. The molecule has 0 saturated heterocycles. The highest BCUT2D eigenvalue weighted by Crippen LogP contribution is 1.95. The molecular formula is C11H13NO. The molecule has 0 heterocycles. The highest BCUT2D eigenvalue weighted by Gasteiger charge is 2.04. The van der Waals surface area contributed by atoms with Crippen molar-refractivity contribution >= 4 is 0 Å². The van der Waals surface area contributed by atoms with Crippen molar-refractivity contribution in [2.45, 2.75) is 38.7 Å². The summed E-state index contributed by atoms with van der Waals surface area (Å²) >= 11 is 0. The van der Waals surface area contributed by atoms with Crippen LogP contribution in [0, 0.1) is 35.0 Å². The Morgan fingerprint density at radius 2 is 1.92 bits per heavy atom. The zero-order chi connectivity index (χ0) is 10.2. The maximum absolute atomic E-state index is 9.17. The van der Waals surface area contributed by atoms with Gasteiger partial charge in [-0.15, -0.1) is 0 Å². The summed E-state index contributed by atoms with van der Waals surface area (Å²) in [5.41, 5.74) is -0.971. The van der Waals surface area contributed by atoms with Gasteiger partial charge in [-0.1, -0.05) is 11.8 Å². The Kier molecular flexibility index (Phi) is 5.45. The van der Waals surface area contributed by atoms with Crippen LogP contribution < -0.4 is 0 Å². The van der Waals surface area contributed by atoms with Crippen molar-refractivity contribution in [1.82, 2.24) is 0 Å². The molecular weight excluding hydrogens is 162 g/mol. The summed E-state index contributed by atoms with van der Waals surface area (Å²) < 4.78 is 0. The second-order valence-corrected chi connectivity index (χ2v) is 3.12. The standard InChI is InChI=1S/C11H13NO/c1-11(2,13)9-7-5-3-4-6-8-10-12/h13H,4,6,8H2,1-2H3. The Morgan fingerprint density at radius 1 is 1.23 bits per heavy atom. The maximum atomic E-state index is 9.17. The fraction of sp³-hybridized carbons (Fsp3) is 0.545. The van der Waals surface area contributed by atoms with E-state index in [0.29, 0.717) is 12.8 Å². The molecule has 0 radical (unpaired) electrons. The van der Waals surface area contributed by atoms with Gasteiger partial charge >= 0.3 is 0 Å². The Hall–Kier alpha value is -1.43. The topological polar surface area (TPSA) is 44.0 Å². The predicted molar refractivity (Wildman–Crippen MR) is 51.3 cm³/mol. The third-order valence-corrected chi connectivity index (χ3v) is 1.11. The van der Waals surface area contributed by atoms with Crippen molar-refractivity contribution < 1.29 is 5.11 Å². The molecule has 0 aromatic heterocycles. The first-order chi connectivity index (χ1) is 6.06. The summed E-state index contributed by atoms with van der Waals surface area (Å²) in [6.45, 7) is 3.22. The van der Waals surface area contributed by atoms with Crippen LogP contribution in [0.5, 0.6) is 0 Å². The van der Waals surface area contributed by atoms with Crippen LogP contribution >= 0.6 is 0 Å². The Morgan fingerprint density at radius 3 is 2.46 bits per heavy atom. The largest absolute Gasteiger partial charge is 0.378 e. The molecule has 1 N–H and O–H groups in total. The van der Waals surface area contributed by atoms with E-state index in [2.05, 4.69) is 23.7 Å². The van der Waals surface area contributed by atoms with E-state index >= 15 is 0 Å². The number of aliphatic hydroxyl groups is 1. The van der Waals surface area contributed by atoms with Gasteiger partial charge in [-0.25, -0.2) is 0 Å². The number of hydrogen-bond donors (Lipinski definition) is 1. The van der Waals surface area contributed by atoms with Gasteiger partial charge in [0.2, 0.25) is 0 Å². The third kappa shape index (κ3) is 10.6. The molecule has 13 heavy (non-hydrogen) atoms. The van der Waals surface area contributed by atoms with Crippen molar-refractivity contribution in [1.29, 1.82) is 5.26 Å². The lowest BCUT2D eigenvalue weighted by Gasteiger charge is -2.04. The molecule has 68 valence electrons. The number of nitrogens with zero attached hydrogens (tertiary/aromatic N) is 1. The van der Waals surface area contributed by atoms with Crippen molar-refractivity contribution in [2.24, 2.45) is 0 Å². The molecule has 0 spiro atoms. The zero-order valence-electron chi connectivity index (χ0n) is 8.02. The molecule has 2 heteroatoms. The third-order valence-electron chi connectivity index (χ3n) is 1.11. The number of rotatable bonds is 2. The fourth-order valence-corrected chi connectivity index (χ4v) is 0.547. The minimum atomic E-state index is -0.971. The van der Waals surface area contributed by atoms with Gasteiger partial charge in [-0.2, -0.15) is 5.26 Å². The van der Waals surface area contributed by atoms with E-state index in [9.17, 15) is 5.11 Å². The van der Waals surface area contributed by atoms with Gasteiger partial charge in [0.05, 0.1) is 6.07 Å². The van der Waals surface area contributed by atoms with Crippen LogP contribution in [-0.4, -0.2) is 10.7 Å². The van der Waals surface area contributed by atoms with Crippen LogP contribution in [-0.2, 0) is 0 Å². The first kappa shape index (κ1) is 11.6. The maximum Gasteiger partial charge on any atom is 0.120 e. The van der Waals surface area contributed by atoms with Gasteiger partial charge in [0.15, 0.2) is 0 Å². The molecule has 0 amide bonds. The molecule has 0 fully saturated rings. The lowest BCUT2D eigenvalue weighted by atomic mass is 10.1. The molecule has 0 rings (SSSR count). The summed E-state index contributed by atoms with van der Waals surface area (Å²) in [6.07, 6.45) is 2.01. The van der Waals surface area contributed by atoms with Gasteiger partial charge in [0.25, 0.3) is 0 Å². The number of unbranched alkanes of at least 4 members (excludes halogenated alkanes) is 2. The van der Waals surface area contributed by atoms with Crippen molar-refractivity contribution in [3.05, 3.63) is 0 Å². The van der Waals surface area contributed by atoms with E-state index in [1.807, 2.05) is 6.07 Å². The lowest BCUT2D eigenvalue weighted by molar-refractivity contribution is 0.143. The Balaban J connectivity index is 3.73.